The molecule has 1 heterocycles. The van der Waals surface area contributed by atoms with Crippen molar-refractivity contribution in [3.05, 3.63) is 65.0 Å². The van der Waals surface area contributed by atoms with Gasteiger partial charge in [0, 0.05) is 17.8 Å². The van der Waals surface area contributed by atoms with Gasteiger partial charge in [0.25, 0.3) is 11.8 Å². The molecule has 0 aliphatic carbocycles. The maximum Gasteiger partial charge on any atom is 0.258 e. The van der Waals surface area contributed by atoms with E-state index >= 15 is 0 Å². The van der Waals surface area contributed by atoms with Gasteiger partial charge in [-0.3, -0.25) is 9.59 Å². The smallest absolute Gasteiger partial charge is 0.258 e. The molecule has 106 valence electrons. The van der Waals surface area contributed by atoms with Gasteiger partial charge in [0.05, 0.1) is 5.56 Å². The monoisotopic (exact) mass is 284 g/mol. The highest BCUT2D eigenvalue weighted by atomic mass is 19.1. The molecule has 0 bridgehead atoms. The van der Waals surface area contributed by atoms with E-state index < -0.39 is 11.7 Å². The van der Waals surface area contributed by atoms with Crippen molar-refractivity contribution in [1.82, 2.24) is 5.32 Å². The molecule has 3 rings (SSSR count). The minimum atomic E-state index is -0.578. The topological polar surface area (TPSA) is 58.2 Å². The molecule has 0 unspecified atom stereocenters. The summed E-state index contributed by atoms with van der Waals surface area (Å²) in [5.74, 6) is -1.27. The number of benzene rings is 2. The van der Waals surface area contributed by atoms with Crippen LogP contribution in [0.25, 0.3) is 0 Å². The van der Waals surface area contributed by atoms with Gasteiger partial charge in [0.15, 0.2) is 0 Å². The second-order valence-electron chi connectivity index (χ2n) is 4.81. The van der Waals surface area contributed by atoms with Crippen LogP contribution < -0.4 is 10.6 Å². The Kier molecular flexibility index (Phi) is 3.39. The van der Waals surface area contributed by atoms with Gasteiger partial charge in [-0.1, -0.05) is 18.2 Å². The minimum absolute atomic E-state index is 0.0281. The largest absolute Gasteiger partial charge is 0.352 e. The summed E-state index contributed by atoms with van der Waals surface area (Å²) in [7, 11) is 0. The molecule has 4 nitrogen and oxygen atoms in total. The number of carbonyl (C=O) groups excluding carboxylic acids is 2. The molecule has 0 fully saturated rings. The molecule has 0 saturated heterocycles. The van der Waals surface area contributed by atoms with E-state index in [1.807, 2.05) is 6.07 Å². The standard InChI is InChI=1S/C16H13FN2O2/c17-14-4-2-1-3-12(14)16(21)19-11-6-5-10-7-8-18-15(20)13(10)9-11/h1-6,9H,7-8H2,(H,18,20)(H,19,21). The quantitative estimate of drug-likeness (QED) is 0.889. The van der Waals surface area contributed by atoms with Crippen molar-refractivity contribution in [3.63, 3.8) is 0 Å². The molecular weight excluding hydrogens is 271 g/mol. The lowest BCUT2D eigenvalue weighted by molar-refractivity contribution is 0.0944. The normalized spacial score (nSPS) is 13.3. The van der Waals surface area contributed by atoms with E-state index in [-0.39, 0.29) is 11.5 Å². The third-order valence-corrected chi connectivity index (χ3v) is 3.41. The first-order valence-electron chi connectivity index (χ1n) is 6.62. The number of anilines is 1. The van der Waals surface area contributed by atoms with Crippen LogP contribution in [0.15, 0.2) is 42.5 Å². The van der Waals surface area contributed by atoms with E-state index in [0.717, 1.165) is 12.0 Å². The van der Waals surface area contributed by atoms with Crippen molar-refractivity contribution in [2.75, 3.05) is 11.9 Å². The van der Waals surface area contributed by atoms with Gasteiger partial charge in [0.1, 0.15) is 5.82 Å². The van der Waals surface area contributed by atoms with Crippen LogP contribution in [0.1, 0.15) is 26.3 Å². The van der Waals surface area contributed by atoms with Crippen LogP contribution in [-0.2, 0) is 6.42 Å². The summed E-state index contributed by atoms with van der Waals surface area (Å²) < 4.78 is 13.6. The molecule has 0 atom stereocenters. The lowest BCUT2D eigenvalue weighted by Gasteiger charge is -2.17. The van der Waals surface area contributed by atoms with Gasteiger partial charge < -0.3 is 10.6 Å². The lowest BCUT2D eigenvalue weighted by Crippen LogP contribution is -2.31. The van der Waals surface area contributed by atoms with E-state index in [2.05, 4.69) is 10.6 Å². The minimum Gasteiger partial charge on any atom is -0.352 e. The summed E-state index contributed by atoms with van der Waals surface area (Å²) in [5.41, 5.74) is 1.94. The number of amides is 2. The van der Waals surface area contributed by atoms with Crippen molar-refractivity contribution in [2.45, 2.75) is 6.42 Å². The van der Waals surface area contributed by atoms with E-state index in [1.165, 1.54) is 18.2 Å². The SMILES string of the molecule is O=C(Nc1ccc2c(c1)C(=O)NCC2)c1ccccc1F. The molecule has 2 aromatic rings. The zero-order valence-corrected chi connectivity index (χ0v) is 11.2. The molecule has 1 aliphatic heterocycles. The number of rotatable bonds is 2. The zero-order valence-electron chi connectivity index (χ0n) is 11.2. The molecule has 21 heavy (non-hydrogen) atoms. The summed E-state index contributed by atoms with van der Waals surface area (Å²) in [6, 6.07) is 10.9. The lowest BCUT2D eigenvalue weighted by atomic mass is 10.00. The van der Waals surface area contributed by atoms with Crippen LogP contribution in [0.4, 0.5) is 10.1 Å². The number of hydrogen-bond acceptors (Lipinski definition) is 2. The van der Waals surface area contributed by atoms with E-state index in [0.29, 0.717) is 17.8 Å². The summed E-state index contributed by atoms with van der Waals surface area (Å²) >= 11 is 0. The van der Waals surface area contributed by atoms with Gasteiger partial charge in [-0.2, -0.15) is 0 Å². The van der Waals surface area contributed by atoms with Crippen LogP contribution in [0, 0.1) is 5.82 Å². The predicted molar refractivity (Wildman–Crippen MR) is 76.8 cm³/mol. The fourth-order valence-electron chi connectivity index (χ4n) is 2.33. The first-order chi connectivity index (χ1) is 10.1. The highest BCUT2D eigenvalue weighted by Gasteiger charge is 2.18. The van der Waals surface area contributed by atoms with Gasteiger partial charge in [0.2, 0.25) is 0 Å². The van der Waals surface area contributed by atoms with Crippen molar-refractivity contribution >= 4 is 17.5 Å². The molecule has 0 aromatic heterocycles. The van der Waals surface area contributed by atoms with Gasteiger partial charge in [-0.25, -0.2) is 4.39 Å². The Balaban J connectivity index is 1.86. The summed E-state index contributed by atoms with van der Waals surface area (Å²) in [6.45, 7) is 0.618. The van der Waals surface area contributed by atoms with Crippen molar-refractivity contribution in [3.8, 4) is 0 Å². The number of halogens is 1. The maximum absolute atomic E-state index is 13.6. The molecule has 0 spiro atoms. The Morgan fingerprint density at radius 3 is 2.81 bits per heavy atom. The Labute approximate surface area is 121 Å². The van der Waals surface area contributed by atoms with Gasteiger partial charge in [-0.15, -0.1) is 0 Å². The second-order valence-corrected chi connectivity index (χ2v) is 4.81. The molecule has 0 radical (unpaired) electrons. The molecular formula is C16H13FN2O2. The fourth-order valence-corrected chi connectivity index (χ4v) is 2.33. The molecule has 5 heteroatoms. The number of hydrogen-bond donors (Lipinski definition) is 2. The summed E-state index contributed by atoms with van der Waals surface area (Å²) in [4.78, 5) is 23.8. The van der Waals surface area contributed by atoms with E-state index in [4.69, 9.17) is 0 Å². The third-order valence-electron chi connectivity index (χ3n) is 3.41. The third kappa shape index (κ3) is 2.63. The Hall–Kier alpha value is -2.69. The average molecular weight is 284 g/mol. The van der Waals surface area contributed by atoms with Gasteiger partial charge >= 0.3 is 0 Å². The predicted octanol–water partition coefficient (Wildman–Crippen LogP) is 2.36. The molecule has 2 aromatic carbocycles. The summed E-state index contributed by atoms with van der Waals surface area (Å²) in [6.07, 6.45) is 0.766. The molecule has 2 N–H and O–H groups in total. The second kappa shape index (κ2) is 5.36. The van der Waals surface area contributed by atoms with Crippen LogP contribution in [0.3, 0.4) is 0 Å². The number of carbonyl (C=O) groups is 2. The van der Waals surface area contributed by atoms with E-state index in [1.54, 1.807) is 18.2 Å². The first-order valence-corrected chi connectivity index (χ1v) is 6.62. The highest BCUT2D eigenvalue weighted by molar-refractivity contribution is 6.05. The number of nitrogens with one attached hydrogen (secondary N) is 2. The maximum atomic E-state index is 13.6. The van der Waals surface area contributed by atoms with Gasteiger partial charge in [-0.05, 0) is 36.2 Å². The van der Waals surface area contributed by atoms with Crippen LogP contribution in [-0.4, -0.2) is 18.4 Å². The fraction of sp³-hybridized carbons (Fsp3) is 0.125. The Morgan fingerprint density at radius 1 is 1.19 bits per heavy atom. The van der Waals surface area contributed by atoms with Crippen molar-refractivity contribution in [2.24, 2.45) is 0 Å². The van der Waals surface area contributed by atoms with Crippen LogP contribution in [0.2, 0.25) is 0 Å². The molecule has 1 aliphatic rings. The van der Waals surface area contributed by atoms with Crippen LogP contribution in [0.5, 0.6) is 0 Å². The zero-order chi connectivity index (χ0) is 14.8. The van der Waals surface area contributed by atoms with E-state index in [9.17, 15) is 14.0 Å². The van der Waals surface area contributed by atoms with Crippen LogP contribution >= 0.6 is 0 Å². The van der Waals surface area contributed by atoms with Crippen molar-refractivity contribution < 1.29 is 14.0 Å². The number of fused-ring (bicyclic) bond motifs is 1. The van der Waals surface area contributed by atoms with Crippen molar-refractivity contribution in [1.29, 1.82) is 0 Å². The summed E-state index contributed by atoms with van der Waals surface area (Å²) in [5, 5.41) is 5.36. The Morgan fingerprint density at radius 2 is 2.00 bits per heavy atom. The average Bonchev–Trinajstić information content (AvgIpc) is 2.48. The molecule has 2 amide bonds. The first kappa shape index (κ1) is 13.3. The Bertz CT molecular complexity index is 728. The highest BCUT2D eigenvalue weighted by Crippen LogP contribution is 2.20. The molecule has 0 saturated carbocycles.